The van der Waals surface area contributed by atoms with Crippen LogP contribution in [0.4, 0.5) is 5.69 Å². The van der Waals surface area contributed by atoms with Crippen molar-refractivity contribution < 1.29 is 4.79 Å². The van der Waals surface area contributed by atoms with Gasteiger partial charge in [-0.25, -0.2) is 0 Å². The molecule has 1 spiro atoms. The molecule has 1 aromatic carbocycles. The molecule has 1 atom stereocenters. The first-order chi connectivity index (χ1) is 13.3. The summed E-state index contributed by atoms with van der Waals surface area (Å²) in [6.07, 6.45) is 8.01. The fourth-order valence-corrected chi connectivity index (χ4v) is 5.39. The predicted molar refractivity (Wildman–Crippen MR) is 116 cm³/mol. The van der Waals surface area contributed by atoms with E-state index in [4.69, 9.17) is 4.99 Å². The van der Waals surface area contributed by atoms with E-state index in [-0.39, 0.29) is 22.9 Å². The Bertz CT molecular complexity index is 747. The van der Waals surface area contributed by atoms with Crippen molar-refractivity contribution in [2.24, 2.45) is 10.4 Å². The molecule has 1 amide bonds. The minimum atomic E-state index is -0.294. The number of amides is 1. The molecule has 4 heteroatoms. The lowest BCUT2D eigenvalue weighted by Crippen LogP contribution is -2.50. The van der Waals surface area contributed by atoms with Gasteiger partial charge in [0.25, 0.3) is 0 Å². The average Bonchev–Trinajstić information content (AvgIpc) is 3.23. The number of aryl methyl sites for hydroxylation is 1. The number of benzene rings is 1. The van der Waals surface area contributed by atoms with Crippen molar-refractivity contribution >= 4 is 17.4 Å². The first-order valence-electron chi connectivity index (χ1n) is 11.1. The van der Waals surface area contributed by atoms with E-state index in [1.165, 1.54) is 24.8 Å². The summed E-state index contributed by atoms with van der Waals surface area (Å²) in [7, 11) is 0. The highest BCUT2D eigenvalue weighted by Gasteiger charge is 2.60. The van der Waals surface area contributed by atoms with Crippen molar-refractivity contribution in [3.63, 3.8) is 0 Å². The zero-order valence-electron chi connectivity index (χ0n) is 18.0. The van der Waals surface area contributed by atoms with Crippen molar-refractivity contribution in [2.75, 3.05) is 18.0 Å². The lowest BCUT2D eigenvalue weighted by molar-refractivity contribution is -0.129. The van der Waals surface area contributed by atoms with Crippen LogP contribution >= 0.6 is 0 Å². The van der Waals surface area contributed by atoms with Gasteiger partial charge in [-0.05, 0) is 78.6 Å². The van der Waals surface area contributed by atoms with E-state index in [9.17, 15) is 4.79 Å². The molecule has 1 saturated carbocycles. The minimum Gasteiger partial charge on any atom is -0.293 e. The van der Waals surface area contributed by atoms with E-state index >= 15 is 0 Å². The quantitative estimate of drug-likeness (QED) is 0.726. The topological polar surface area (TPSA) is 35.9 Å². The second-order valence-electron chi connectivity index (χ2n) is 9.98. The maximum atomic E-state index is 14.0. The first kappa shape index (κ1) is 19.6. The Morgan fingerprint density at radius 3 is 2.14 bits per heavy atom. The summed E-state index contributed by atoms with van der Waals surface area (Å²) in [5.74, 6) is 1.28. The van der Waals surface area contributed by atoms with Gasteiger partial charge in [-0.15, -0.1) is 0 Å². The summed E-state index contributed by atoms with van der Waals surface area (Å²) < 4.78 is 0. The lowest BCUT2D eigenvalue weighted by Gasteiger charge is -2.40. The van der Waals surface area contributed by atoms with Gasteiger partial charge in [0.1, 0.15) is 5.84 Å². The summed E-state index contributed by atoms with van der Waals surface area (Å²) in [6, 6.07) is 8.52. The van der Waals surface area contributed by atoms with Gasteiger partial charge in [0.05, 0.1) is 22.7 Å². The summed E-state index contributed by atoms with van der Waals surface area (Å²) in [4.78, 5) is 23.8. The fraction of sp³-hybridized carbons (Fsp3) is 0.667. The Labute approximate surface area is 170 Å². The smallest absolute Gasteiger partial charge is 0.240 e. The van der Waals surface area contributed by atoms with Gasteiger partial charge in [0.2, 0.25) is 5.91 Å². The molecule has 28 heavy (non-hydrogen) atoms. The predicted octanol–water partition coefficient (Wildman–Crippen LogP) is 4.95. The molecule has 2 aliphatic heterocycles. The molecule has 2 saturated heterocycles. The second-order valence-corrected chi connectivity index (χ2v) is 9.98. The van der Waals surface area contributed by atoms with Gasteiger partial charge in [-0.3, -0.25) is 19.6 Å². The Balaban J connectivity index is 1.87. The van der Waals surface area contributed by atoms with Crippen molar-refractivity contribution in [2.45, 2.75) is 84.2 Å². The third-order valence-corrected chi connectivity index (χ3v) is 6.62. The largest absolute Gasteiger partial charge is 0.293 e. The molecule has 4 nitrogen and oxygen atoms in total. The molecule has 3 aliphatic rings. The minimum absolute atomic E-state index is 0.128. The van der Waals surface area contributed by atoms with Crippen molar-refractivity contribution in [1.29, 1.82) is 0 Å². The van der Waals surface area contributed by atoms with Crippen LogP contribution in [0.5, 0.6) is 0 Å². The van der Waals surface area contributed by atoms with E-state index in [1.54, 1.807) is 0 Å². The average molecular weight is 382 g/mol. The van der Waals surface area contributed by atoms with E-state index in [0.29, 0.717) is 0 Å². The van der Waals surface area contributed by atoms with Crippen molar-refractivity contribution in [3.8, 4) is 0 Å². The molecule has 0 radical (unpaired) electrons. The third kappa shape index (κ3) is 3.41. The molecule has 0 unspecified atom stereocenters. The van der Waals surface area contributed by atoms with Crippen LogP contribution in [0.25, 0.3) is 0 Å². The molecule has 152 valence electrons. The maximum Gasteiger partial charge on any atom is 0.240 e. The maximum absolute atomic E-state index is 14.0. The molecule has 0 N–H and O–H groups in total. The van der Waals surface area contributed by atoms with Gasteiger partial charge in [-0.1, -0.05) is 37.0 Å². The summed E-state index contributed by atoms with van der Waals surface area (Å²) in [5.41, 5.74) is 1.69. The van der Waals surface area contributed by atoms with Crippen LogP contribution in [0, 0.1) is 12.3 Å². The number of rotatable bonds is 2. The van der Waals surface area contributed by atoms with Gasteiger partial charge in [0, 0.05) is 0 Å². The van der Waals surface area contributed by atoms with Crippen LogP contribution in [-0.2, 0) is 4.79 Å². The molecular formula is C24H35N3O. The number of carbonyl (C=O) groups is 1. The molecule has 1 aromatic rings. The normalized spacial score (nSPS) is 27.3. The van der Waals surface area contributed by atoms with Crippen molar-refractivity contribution in [3.05, 3.63) is 29.8 Å². The Hall–Kier alpha value is -1.68. The van der Waals surface area contributed by atoms with E-state index in [1.807, 2.05) is 4.90 Å². The van der Waals surface area contributed by atoms with Crippen LogP contribution in [0.15, 0.2) is 29.3 Å². The number of carbonyl (C=O) groups excluding carboxylic acids is 1. The SMILES string of the molecule is Cc1ccc(N2C(=O)C3(CCCCC3)[C@H](N3CCCC3)C2=NC(C)(C)C)cc1. The fourth-order valence-electron chi connectivity index (χ4n) is 5.39. The number of nitrogens with zero attached hydrogens (tertiary/aromatic N) is 3. The zero-order chi connectivity index (χ0) is 19.9. The lowest BCUT2D eigenvalue weighted by atomic mass is 9.69. The molecule has 3 fully saturated rings. The van der Waals surface area contributed by atoms with Crippen LogP contribution in [0.1, 0.15) is 71.3 Å². The molecule has 0 aromatic heterocycles. The third-order valence-electron chi connectivity index (χ3n) is 6.62. The van der Waals surface area contributed by atoms with Crippen LogP contribution in [0.3, 0.4) is 0 Å². The molecule has 1 aliphatic carbocycles. The summed E-state index contributed by atoms with van der Waals surface area (Å²) in [5, 5.41) is 0. The number of amidine groups is 1. The summed E-state index contributed by atoms with van der Waals surface area (Å²) in [6.45, 7) is 10.7. The number of hydrogen-bond acceptors (Lipinski definition) is 3. The first-order valence-corrected chi connectivity index (χ1v) is 11.1. The van der Waals surface area contributed by atoms with Gasteiger partial charge in [0.15, 0.2) is 0 Å². The Morgan fingerprint density at radius 2 is 1.57 bits per heavy atom. The number of likely N-dealkylation sites (tertiary alicyclic amines) is 1. The Kier molecular flexibility index (Phi) is 5.11. The Morgan fingerprint density at radius 1 is 0.964 bits per heavy atom. The highest BCUT2D eigenvalue weighted by molar-refractivity contribution is 6.27. The van der Waals surface area contributed by atoms with Crippen LogP contribution in [0.2, 0.25) is 0 Å². The monoisotopic (exact) mass is 381 g/mol. The number of aliphatic imine (C=N–C) groups is 1. The molecular weight excluding hydrogens is 346 g/mol. The number of anilines is 1. The van der Waals surface area contributed by atoms with Gasteiger partial charge < -0.3 is 0 Å². The van der Waals surface area contributed by atoms with Gasteiger partial charge in [-0.2, -0.15) is 0 Å². The highest BCUT2D eigenvalue weighted by atomic mass is 16.2. The van der Waals surface area contributed by atoms with Crippen molar-refractivity contribution in [1.82, 2.24) is 4.90 Å². The van der Waals surface area contributed by atoms with Gasteiger partial charge >= 0.3 is 0 Å². The second kappa shape index (κ2) is 7.29. The van der Waals surface area contributed by atoms with E-state index in [0.717, 1.165) is 50.3 Å². The van der Waals surface area contributed by atoms with E-state index in [2.05, 4.69) is 56.9 Å². The van der Waals surface area contributed by atoms with E-state index < -0.39 is 0 Å². The van der Waals surface area contributed by atoms with Crippen LogP contribution in [-0.4, -0.2) is 41.3 Å². The molecule has 4 rings (SSSR count). The zero-order valence-corrected chi connectivity index (χ0v) is 18.0. The number of hydrogen-bond donors (Lipinski definition) is 0. The van der Waals surface area contributed by atoms with Crippen LogP contribution < -0.4 is 4.90 Å². The highest BCUT2D eigenvalue weighted by Crippen LogP contribution is 2.50. The summed E-state index contributed by atoms with van der Waals surface area (Å²) >= 11 is 0. The molecule has 0 bridgehead atoms. The standard InChI is InChI=1S/C24H35N3O/c1-18-10-12-19(13-11-18)27-21(25-23(2,3)4)20(26-16-8-9-17-26)24(22(27)28)14-6-5-7-15-24/h10-13,20H,5-9,14-17H2,1-4H3/t20-/m1/s1. The molecule has 2 heterocycles.